The van der Waals surface area contributed by atoms with E-state index in [1.807, 2.05) is 25.3 Å². The van der Waals surface area contributed by atoms with Gasteiger partial charge in [0.25, 0.3) is 0 Å². The van der Waals surface area contributed by atoms with Gasteiger partial charge in [0.1, 0.15) is 5.82 Å². The standard InChI is InChI=1S/C13H22N6OS/c1-5-6-19-9(7-14)15-18-12(19)21-8-10-16-17-11(20-10)13(2,3)4/h5-8,14H2,1-4H3. The first kappa shape index (κ1) is 16.0. The van der Waals surface area contributed by atoms with Crippen molar-refractivity contribution in [3.63, 3.8) is 0 Å². The normalized spacial score (nSPS) is 12.0. The third-order valence-corrected chi connectivity index (χ3v) is 3.81. The quantitative estimate of drug-likeness (QED) is 0.816. The summed E-state index contributed by atoms with van der Waals surface area (Å²) in [5.74, 6) is 2.64. The van der Waals surface area contributed by atoms with Crippen molar-refractivity contribution in [2.75, 3.05) is 0 Å². The molecule has 2 heterocycles. The van der Waals surface area contributed by atoms with E-state index in [1.165, 1.54) is 11.8 Å². The highest BCUT2D eigenvalue weighted by Gasteiger charge is 2.21. The van der Waals surface area contributed by atoms with E-state index in [0.717, 1.165) is 23.9 Å². The summed E-state index contributed by atoms with van der Waals surface area (Å²) in [6.07, 6.45) is 1.01. The van der Waals surface area contributed by atoms with Crippen LogP contribution in [0.3, 0.4) is 0 Å². The Morgan fingerprint density at radius 3 is 2.52 bits per heavy atom. The fourth-order valence-corrected chi connectivity index (χ4v) is 2.59. The molecule has 0 fully saturated rings. The van der Waals surface area contributed by atoms with E-state index in [0.29, 0.717) is 24.1 Å². The molecule has 0 atom stereocenters. The van der Waals surface area contributed by atoms with Crippen LogP contribution in [0, 0.1) is 0 Å². The zero-order chi connectivity index (χ0) is 15.5. The number of aromatic nitrogens is 5. The summed E-state index contributed by atoms with van der Waals surface area (Å²) < 4.78 is 7.72. The highest BCUT2D eigenvalue weighted by Crippen LogP contribution is 2.25. The molecule has 0 aliphatic rings. The zero-order valence-electron chi connectivity index (χ0n) is 13.0. The molecule has 0 aliphatic carbocycles. The average molecular weight is 310 g/mol. The second-order valence-corrected chi connectivity index (χ2v) is 6.74. The lowest BCUT2D eigenvalue weighted by Gasteiger charge is -2.11. The van der Waals surface area contributed by atoms with Crippen LogP contribution in [0.15, 0.2) is 9.57 Å². The summed E-state index contributed by atoms with van der Waals surface area (Å²) in [5.41, 5.74) is 5.55. The van der Waals surface area contributed by atoms with E-state index in [-0.39, 0.29) is 5.41 Å². The lowest BCUT2D eigenvalue weighted by atomic mass is 9.97. The molecule has 21 heavy (non-hydrogen) atoms. The van der Waals surface area contributed by atoms with Crippen LogP contribution in [0.25, 0.3) is 0 Å². The number of rotatable bonds is 6. The topological polar surface area (TPSA) is 95.7 Å². The van der Waals surface area contributed by atoms with Gasteiger partial charge in [0.15, 0.2) is 5.16 Å². The Balaban J connectivity index is 2.06. The SMILES string of the molecule is CCCn1c(CN)nnc1SCc1nnc(C(C)(C)C)o1. The van der Waals surface area contributed by atoms with Gasteiger partial charge in [-0.25, -0.2) is 0 Å². The first-order valence-electron chi connectivity index (χ1n) is 7.03. The second-order valence-electron chi connectivity index (χ2n) is 5.79. The first-order valence-corrected chi connectivity index (χ1v) is 8.02. The summed E-state index contributed by atoms with van der Waals surface area (Å²) in [6, 6.07) is 0. The molecule has 116 valence electrons. The Hall–Kier alpha value is -1.41. The van der Waals surface area contributed by atoms with Crippen molar-refractivity contribution >= 4 is 11.8 Å². The minimum atomic E-state index is -0.134. The molecule has 0 aliphatic heterocycles. The van der Waals surface area contributed by atoms with Gasteiger partial charge in [0, 0.05) is 12.0 Å². The van der Waals surface area contributed by atoms with Crippen LogP contribution in [-0.2, 0) is 24.3 Å². The number of hydrogen-bond donors (Lipinski definition) is 1. The summed E-state index contributed by atoms with van der Waals surface area (Å²) in [7, 11) is 0. The van der Waals surface area contributed by atoms with E-state index in [4.69, 9.17) is 10.2 Å². The Morgan fingerprint density at radius 1 is 1.19 bits per heavy atom. The Kier molecular flexibility index (Phi) is 5.00. The van der Waals surface area contributed by atoms with Gasteiger partial charge in [-0.15, -0.1) is 20.4 Å². The second kappa shape index (κ2) is 6.57. The van der Waals surface area contributed by atoms with Gasteiger partial charge < -0.3 is 14.7 Å². The lowest BCUT2D eigenvalue weighted by molar-refractivity contribution is 0.378. The molecule has 8 heteroatoms. The lowest BCUT2D eigenvalue weighted by Crippen LogP contribution is -2.11. The van der Waals surface area contributed by atoms with Gasteiger partial charge in [-0.3, -0.25) is 0 Å². The van der Waals surface area contributed by atoms with E-state index in [1.54, 1.807) is 0 Å². The number of thioether (sulfide) groups is 1. The molecule has 2 rings (SSSR count). The molecule has 0 amide bonds. The molecule has 2 aromatic heterocycles. The van der Waals surface area contributed by atoms with Crippen LogP contribution >= 0.6 is 11.8 Å². The Morgan fingerprint density at radius 2 is 1.95 bits per heavy atom. The number of hydrogen-bond acceptors (Lipinski definition) is 7. The van der Waals surface area contributed by atoms with E-state index < -0.39 is 0 Å². The van der Waals surface area contributed by atoms with Gasteiger partial charge in [-0.1, -0.05) is 39.5 Å². The van der Waals surface area contributed by atoms with Crippen LogP contribution in [0.4, 0.5) is 0 Å². The van der Waals surface area contributed by atoms with Crippen LogP contribution in [0.2, 0.25) is 0 Å². The summed E-state index contributed by atoms with van der Waals surface area (Å²) in [4.78, 5) is 0. The number of nitrogens with zero attached hydrogens (tertiary/aromatic N) is 5. The predicted octanol–water partition coefficient (Wildman–Crippen LogP) is 2.12. The molecule has 0 saturated carbocycles. The molecular formula is C13H22N6OS. The fraction of sp³-hybridized carbons (Fsp3) is 0.692. The fourth-order valence-electron chi connectivity index (χ4n) is 1.77. The highest BCUT2D eigenvalue weighted by molar-refractivity contribution is 7.98. The zero-order valence-corrected chi connectivity index (χ0v) is 13.8. The Bertz CT molecular complexity index is 586. The van der Waals surface area contributed by atoms with Crippen LogP contribution in [0.5, 0.6) is 0 Å². The number of nitrogens with two attached hydrogens (primary N) is 1. The molecular weight excluding hydrogens is 288 g/mol. The molecule has 0 radical (unpaired) electrons. The minimum Gasteiger partial charge on any atom is -0.424 e. The van der Waals surface area contributed by atoms with Crippen LogP contribution in [0.1, 0.15) is 51.7 Å². The average Bonchev–Trinajstić information content (AvgIpc) is 3.03. The van der Waals surface area contributed by atoms with Gasteiger partial charge in [0.05, 0.1) is 12.3 Å². The first-order chi connectivity index (χ1) is 9.95. The van der Waals surface area contributed by atoms with Crippen molar-refractivity contribution in [1.29, 1.82) is 0 Å². The molecule has 0 unspecified atom stereocenters. The minimum absolute atomic E-state index is 0.134. The molecule has 2 N–H and O–H groups in total. The molecule has 0 saturated heterocycles. The third kappa shape index (κ3) is 3.82. The van der Waals surface area contributed by atoms with Crippen molar-refractivity contribution < 1.29 is 4.42 Å². The summed E-state index contributed by atoms with van der Waals surface area (Å²) in [6.45, 7) is 9.50. The van der Waals surface area contributed by atoms with Gasteiger partial charge >= 0.3 is 0 Å². The Labute approximate surface area is 128 Å². The van der Waals surface area contributed by atoms with Gasteiger partial charge in [0.2, 0.25) is 11.8 Å². The highest BCUT2D eigenvalue weighted by atomic mass is 32.2. The van der Waals surface area contributed by atoms with Crippen molar-refractivity contribution in [1.82, 2.24) is 25.0 Å². The van der Waals surface area contributed by atoms with Crippen LogP contribution in [-0.4, -0.2) is 25.0 Å². The molecule has 0 spiro atoms. The van der Waals surface area contributed by atoms with Crippen molar-refractivity contribution in [3.8, 4) is 0 Å². The summed E-state index contributed by atoms with van der Waals surface area (Å²) >= 11 is 1.54. The molecule has 2 aromatic rings. The monoisotopic (exact) mass is 310 g/mol. The maximum atomic E-state index is 5.68. The summed E-state index contributed by atoms with van der Waals surface area (Å²) in [5, 5.41) is 17.3. The van der Waals surface area contributed by atoms with Crippen molar-refractivity contribution in [2.24, 2.45) is 5.73 Å². The predicted molar refractivity (Wildman–Crippen MR) is 80.8 cm³/mol. The van der Waals surface area contributed by atoms with Crippen LogP contribution < -0.4 is 5.73 Å². The van der Waals surface area contributed by atoms with E-state index >= 15 is 0 Å². The van der Waals surface area contributed by atoms with Crippen molar-refractivity contribution in [2.45, 2.75) is 63.5 Å². The smallest absolute Gasteiger partial charge is 0.226 e. The maximum Gasteiger partial charge on any atom is 0.226 e. The van der Waals surface area contributed by atoms with Crippen molar-refractivity contribution in [3.05, 3.63) is 17.6 Å². The molecule has 7 nitrogen and oxygen atoms in total. The molecule has 0 bridgehead atoms. The van der Waals surface area contributed by atoms with E-state index in [2.05, 4.69) is 27.3 Å². The largest absolute Gasteiger partial charge is 0.424 e. The van der Waals surface area contributed by atoms with Gasteiger partial charge in [-0.2, -0.15) is 0 Å². The van der Waals surface area contributed by atoms with Gasteiger partial charge in [-0.05, 0) is 6.42 Å². The maximum absolute atomic E-state index is 5.68. The van der Waals surface area contributed by atoms with E-state index in [9.17, 15) is 0 Å². The third-order valence-electron chi connectivity index (χ3n) is 2.86. The molecule has 0 aromatic carbocycles.